The minimum atomic E-state index is -0.516. The molecule has 0 aliphatic rings. The van der Waals surface area contributed by atoms with Gasteiger partial charge in [0.25, 0.3) is 0 Å². The quantitative estimate of drug-likeness (QED) is 0.531. The predicted octanol–water partition coefficient (Wildman–Crippen LogP) is 5.40. The van der Waals surface area contributed by atoms with Crippen LogP contribution in [0.2, 0.25) is 10.0 Å². The van der Waals surface area contributed by atoms with Crippen LogP contribution >= 0.6 is 23.2 Å². The smallest absolute Gasteiger partial charge is 0.119 e. The highest BCUT2D eigenvalue weighted by molar-refractivity contribution is 6.35. The molecule has 0 aliphatic heterocycles. The zero-order chi connectivity index (χ0) is 19.1. The van der Waals surface area contributed by atoms with Crippen LogP contribution in [0.3, 0.4) is 0 Å². The van der Waals surface area contributed by atoms with Crippen molar-refractivity contribution in [2.75, 3.05) is 6.54 Å². The van der Waals surface area contributed by atoms with E-state index in [1.165, 1.54) is 0 Å². The Balaban J connectivity index is 1.46. The molecule has 0 spiro atoms. The van der Waals surface area contributed by atoms with Gasteiger partial charge in [0.1, 0.15) is 12.4 Å². The van der Waals surface area contributed by atoms with Crippen molar-refractivity contribution in [3.05, 3.63) is 99.5 Å². The van der Waals surface area contributed by atoms with Gasteiger partial charge in [-0.25, -0.2) is 0 Å². The van der Waals surface area contributed by atoms with Gasteiger partial charge in [0.15, 0.2) is 0 Å². The molecule has 0 aromatic heterocycles. The van der Waals surface area contributed by atoms with E-state index in [4.69, 9.17) is 27.9 Å². The molecule has 140 valence electrons. The first kappa shape index (κ1) is 19.7. The van der Waals surface area contributed by atoms with Gasteiger partial charge in [-0.1, -0.05) is 71.7 Å². The van der Waals surface area contributed by atoms with Gasteiger partial charge in [-0.15, -0.1) is 0 Å². The van der Waals surface area contributed by atoms with Crippen LogP contribution in [-0.2, 0) is 13.2 Å². The Bertz CT molecular complexity index is 854. The van der Waals surface area contributed by atoms with E-state index in [-0.39, 0.29) is 0 Å². The number of aliphatic hydroxyl groups is 1. The predicted molar refractivity (Wildman–Crippen MR) is 110 cm³/mol. The summed E-state index contributed by atoms with van der Waals surface area (Å²) in [5, 5.41) is 14.6. The van der Waals surface area contributed by atoms with Crippen molar-refractivity contribution in [2.24, 2.45) is 0 Å². The van der Waals surface area contributed by atoms with Gasteiger partial charge in [0.05, 0.1) is 6.10 Å². The molecule has 0 unspecified atom stereocenters. The summed E-state index contributed by atoms with van der Waals surface area (Å²) in [4.78, 5) is 0. The van der Waals surface area contributed by atoms with Crippen LogP contribution in [0, 0.1) is 0 Å². The van der Waals surface area contributed by atoms with Crippen molar-refractivity contribution >= 4 is 23.2 Å². The fourth-order valence-corrected chi connectivity index (χ4v) is 3.11. The van der Waals surface area contributed by atoms with Crippen LogP contribution in [0.15, 0.2) is 72.8 Å². The highest BCUT2D eigenvalue weighted by atomic mass is 35.5. The van der Waals surface area contributed by atoms with Crippen molar-refractivity contribution in [3.63, 3.8) is 0 Å². The zero-order valence-corrected chi connectivity index (χ0v) is 16.3. The standard InChI is InChI=1S/C22H21Cl2NO2/c23-19-9-8-18(21(24)12-19)15-27-20-10-6-16(7-11-20)13-25-14-22(26)17-4-2-1-3-5-17/h1-12,22,25-26H,13-15H2/t22-/m0/s1. The summed E-state index contributed by atoms with van der Waals surface area (Å²) in [7, 11) is 0. The van der Waals surface area contributed by atoms with Gasteiger partial charge < -0.3 is 15.2 Å². The van der Waals surface area contributed by atoms with Crippen LogP contribution in [0.5, 0.6) is 5.75 Å². The van der Waals surface area contributed by atoms with E-state index in [9.17, 15) is 5.11 Å². The number of hydrogen-bond donors (Lipinski definition) is 2. The van der Waals surface area contributed by atoms with Gasteiger partial charge in [0.2, 0.25) is 0 Å². The molecular weight excluding hydrogens is 381 g/mol. The summed E-state index contributed by atoms with van der Waals surface area (Å²) in [6, 6.07) is 22.9. The lowest BCUT2D eigenvalue weighted by atomic mass is 10.1. The Labute approximate surface area is 169 Å². The van der Waals surface area contributed by atoms with Crippen molar-refractivity contribution < 1.29 is 9.84 Å². The number of aliphatic hydroxyl groups excluding tert-OH is 1. The van der Waals surface area contributed by atoms with Gasteiger partial charge in [-0.3, -0.25) is 0 Å². The van der Waals surface area contributed by atoms with Crippen molar-refractivity contribution in [1.82, 2.24) is 5.32 Å². The average Bonchev–Trinajstić information content (AvgIpc) is 2.69. The molecule has 0 saturated heterocycles. The minimum Gasteiger partial charge on any atom is -0.489 e. The summed E-state index contributed by atoms with van der Waals surface area (Å²) >= 11 is 12.1. The first-order valence-corrected chi connectivity index (χ1v) is 9.47. The second kappa shape index (κ2) is 9.77. The highest BCUT2D eigenvalue weighted by Gasteiger charge is 2.06. The van der Waals surface area contributed by atoms with Crippen LogP contribution < -0.4 is 10.1 Å². The van der Waals surface area contributed by atoms with Crippen LogP contribution in [0.1, 0.15) is 22.8 Å². The maximum Gasteiger partial charge on any atom is 0.119 e. The minimum absolute atomic E-state index is 0.386. The number of ether oxygens (including phenoxy) is 1. The molecule has 0 bridgehead atoms. The topological polar surface area (TPSA) is 41.5 Å². The first-order chi connectivity index (χ1) is 13.1. The summed E-state index contributed by atoms with van der Waals surface area (Å²) < 4.78 is 5.78. The molecule has 27 heavy (non-hydrogen) atoms. The Morgan fingerprint density at radius 3 is 2.37 bits per heavy atom. The Hall–Kier alpha value is -2.04. The van der Waals surface area contributed by atoms with E-state index in [1.807, 2.05) is 60.7 Å². The third kappa shape index (κ3) is 5.98. The zero-order valence-electron chi connectivity index (χ0n) is 14.7. The lowest BCUT2D eigenvalue weighted by Gasteiger charge is -2.12. The highest BCUT2D eigenvalue weighted by Crippen LogP contribution is 2.23. The van der Waals surface area contributed by atoms with E-state index < -0.39 is 6.10 Å². The first-order valence-electron chi connectivity index (χ1n) is 8.71. The molecule has 3 aromatic rings. The Morgan fingerprint density at radius 1 is 0.926 bits per heavy atom. The summed E-state index contributed by atoms with van der Waals surface area (Å²) in [5.41, 5.74) is 2.92. The molecule has 0 saturated carbocycles. The molecule has 2 N–H and O–H groups in total. The van der Waals surface area contributed by atoms with Crippen LogP contribution in [-0.4, -0.2) is 11.7 Å². The van der Waals surface area contributed by atoms with Crippen molar-refractivity contribution in [3.8, 4) is 5.75 Å². The van der Waals surface area contributed by atoms with Gasteiger partial charge in [-0.05, 0) is 35.4 Å². The van der Waals surface area contributed by atoms with E-state index in [1.54, 1.807) is 12.1 Å². The molecule has 0 radical (unpaired) electrons. The lowest BCUT2D eigenvalue weighted by Crippen LogP contribution is -2.20. The number of benzene rings is 3. The SMILES string of the molecule is O[C@@H](CNCc1ccc(OCc2ccc(Cl)cc2Cl)cc1)c1ccccc1. The molecule has 1 atom stereocenters. The number of rotatable bonds is 8. The molecule has 3 aromatic carbocycles. The molecule has 0 fully saturated rings. The fourth-order valence-electron chi connectivity index (χ4n) is 2.65. The van der Waals surface area contributed by atoms with Gasteiger partial charge in [-0.2, -0.15) is 0 Å². The summed E-state index contributed by atoms with van der Waals surface area (Å²) in [6.45, 7) is 1.56. The molecule has 3 rings (SSSR count). The average molecular weight is 402 g/mol. The van der Waals surface area contributed by atoms with E-state index in [2.05, 4.69) is 5.32 Å². The van der Waals surface area contributed by atoms with Crippen LogP contribution in [0.25, 0.3) is 0 Å². The normalized spacial score (nSPS) is 12.0. The molecule has 0 heterocycles. The summed E-state index contributed by atoms with van der Waals surface area (Å²) in [6.07, 6.45) is -0.516. The Morgan fingerprint density at radius 2 is 1.67 bits per heavy atom. The molecular formula is C22H21Cl2NO2. The molecule has 5 heteroatoms. The summed E-state index contributed by atoms with van der Waals surface area (Å²) in [5.74, 6) is 0.772. The molecule has 0 amide bonds. The third-order valence-electron chi connectivity index (χ3n) is 4.18. The molecule has 3 nitrogen and oxygen atoms in total. The lowest BCUT2D eigenvalue weighted by molar-refractivity contribution is 0.174. The van der Waals surface area contributed by atoms with E-state index >= 15 is 0 Å². The maximum absolute atomic E-state index is 10.2. The number of hydrogen-bond acceptors (Lipinski definition) is 3. The van der Waals surface area contributed by atoms with Crippen molar-refractivity contribution in [2.45, 2.75) is 19.3 Å². The second-order valence-electron chi connectivity index (χ2n) is 6.23. The van der Waals surface area contributed by atoms with E-state index in [0.717, 1.165) is 22.4 Å². The monoisotopic (exact) mass is 401 g/mol. The largest absolute Gasteiger partial charge is 0.489 e. The Kier molecular flexibility index (Phi) is 7.13. The van der Waals surface area contributed by atoms with Gasteiger partial charge >= 0.3 is 0 Å². The number of halogens is 2. The van der Waals surface area contributed by atoms with Crippen LogP contribution in [0.4, 0.5) is 0 Å². The van der Waals surface area contributed by atoms with Crippen molar-refractivity contribution in [1.29, 1.82) is 0 Å². The second-order valence-corrected chi connectivity index (χ2v) is 7.07. The fraction of sp³-hybridized carbons (Fsp3) is 0.182. The maximum atomic E-state index is 10.2. The van der Waals surface area contributed by atoms with Gasteiger partial charge in [0, 0.05) is 28.7 Å². The third-order valence-corrected chi connectivity index (χ3v) is 4.77. The number of nitrogens with one attached hydrogen (secondary N) is 1. The molecule has 0 aliphatic carbocycles. The van der Waals surface area contributed by atoms with E-state index in [0.29, 0.717) is 29.7 Å².